The highest BCUT2D eigenvalue weighted by Crippen LogP contribution is 2.30. The van der Waals surface area contributed by atoms with Crippen molar-refractivity contribution in [3.8, 4) is 0 Å². The van der Waals surface area contributed by atoms with Gasteiger partial charge in [-0.05, 0) is 60.7 Å². The number of aromatic nitrogens is 2. The molecule has 1 heterocycles. The standard InChI is InChI=1S/C25H20F3N5O3/c26-25(27,28)17-2-1-3-19(13-17)32-24(36)31-18-7-4-15(5-8-18)23(35)16-6-9-20-21(12-16)33-22(14-30-20)29-10-11-34/h1-9,12-14,34H,10-11H2,(H,29,33)(H2,31,32,36). The molecule has 3 aromatic carbocycles. The molecule has 36 heavy (non-hydrogen) atoms. The van der Waals surface area contributed by atoms with E-state index in [4.69, 9.17) is 5.11 Å². The van der Waals surface area contributed by atoms with Gasteiger partial charge in [0.2, 0.25) is 0 Å². The van der Waals surface area contributed by atoms with E-state index in [-0.39, 0.29) is 18.1 Å². The second-order valence-corrected chi connectivity index (χ2v) is 7.67. The number of rotatable bonds is 7. The Labute approximate surface area is 203 Å². The predicted molar refractivity (Wildman–Crippen MR) is 129 cm³/mol. The number of aliphatic hydroxyl groups is 1. The maximum atomic E-state index is 12.9. The first-order valence-electron chi connectivity index (χ1n) is 10.7. The number of carbonyl (C=O) groups excluding carboxylic acids is 2. The number of nitrogens with zero attached hydrogens (tertiary/aromatic N) is 2. The van der Waals surface area contributed by atoms with E-state index < -0.39 is 17.8 Å². The van der Waals surface area contributed by atoms with Crippen molar-refractivity contribution in [2.45, 2.75) is 6.18 Å². The van der Waals surface area contributed by atoms with Crippen LogP contribution in [0.25, 0.3) is 11.0 Å². The maximum Gasteiger partial charge on any atom is 0.416 e. The lowest BCUT2D eigenvalue weighted by Gasteiger charge is -2.11. The summed E-state index contributed by atoms with van der Waals surface area (Å²) in [7, 11) is 0. The molecule has 11 heteroatoms. The summed E-state index contributed by atoms with van der Waals surface area (Å²) < 4.78 is 38.5. The van der Waals surface area contributed by atoms with Gasteiger partial charge in [0, 0.05) is 29.0 Å². The van der Waals surface area contributed by atoms with Crippen molar-refractivity contribution in [2.75, 3.05) is 29.1 Å². The molecule has 0 bridgehead atoms. The highest BCUT2D eigenvalue weighted by molar-refractivity contribution is 6.10. The first kappa shape index (κ1) is 24.6. The van der Waals surface area contributed by atoms with E-state index in [0.29, 0.717) is 40.2 Å². The van der Waals surface area contributed by atoms with Gasteiger partial charge in [-0.3, -0.25) is 9.78 Å². The van der Waals surface area contributed by atoms with Crippen LogP contribution < -0.4 is 16.0 Å². The number of aliphatic hydroxyl groups excluding tert-OH is 1. The van der Waals surface area contributed by atoms with Crippen LogP contribution in [-0.2, 0) is 6.18 Å². The fourth-order valence-electron chi connectivity index (χ4n) is 3.36. The maximum absolute atomic E-state index is 12.9. The van der Waals surface area contributed by atoms with Crippen molar-refractivity contribution >= 4 is 40.0 Å². The molecule has 0 unspecified atom stereocenters. The number of ketones is 1. The van der Waals surface area contributed by atoms with Gasteiger partial charge in [-0.1, -0.05) is 6.07 Å². The molecule has 0 radical (unpaired) electrons. The van der Waals surface area contributed by atoms with Gasteiger partial charge in [0.1, 0.15) is 5.82 Å². The Morgan fingerprint density at radius 3 is 2.31 bits per heavy atom. The Morgan fingerprint density at radius 2 is 1.58 bits per heavy atom. The third kappa shape index (κ3) is 5.94. The zero-order valence-corrected chi connectivity index (χ0v) is 18.6. The van der Waals surface area contributed by atoms with Crippen LogP contribution in [0, 0.1) is 0 Å². The lowest BCUT2D eigenvalue weighted by atomic mass is 10.0. The van der Waals surface area contributed by atoms with Gasteiger partial charge < -0.3 is 21.1 Å². The average molecular weight is 495 g/mol. The lowest BCUT2D eigenvalue weighted by Crippen LogP contribution is -2.19. The first-order valence-corrected chi connectivity index (χ1v) is 10.7. The molecule has 0 saturated carbocycles. The number of hydrogen-bond acceptors (Lipinski definition) is 6. The molecule has 0 aliphatic heterocycles. The largest absolute Gasteiger partial charge is 0.416 e. The van der Waals surface area contributed by atoms with Crippen LogP contribution in [0.15, 0.2) is 72.9 Å². The summed E-state index contributed by atoms with van der Waals surface area (Å²) in [6.07, 6.45) is -2.98. The van der Waals surface area contributed by atoms with Crippen molar-refractivity contribution in [1.29, 1.82) is 0 Å². The zero-order chi connectivity index (χ0) is 25.7. The Hall–Kier alpha value is -4.51. The van der Waals surface area contributed by atoms with E-state index in [1.54, 1.807) is 18.2 Å². The number of halogens is 3. The normalized spacial score (nSPS) is 11.2. The fraction of sp³-hybridized carbons (Fsp3) is 0.120. The molecule has 0 spiro atoms. The molecule has 0 saturated heterocycles. The molecule has 184 valence electrons. The second kappa shape index (κ2) is 10.4. The molecule has 0 aliphatic rings. The molecule has 4 rings (SSSR count). The quantitative estimate of drug-likeness (QED) is 0.270. The Bertz CT molecular complexity index is 1410. The Morgan fingerprint density at radius 1 is 0.861 bits per heavy atom. The molecule has 0 fully saturated rings. The van der Waals surface area contributed by atoms with Crippen molar-refractivity contribution in [3.05, 3.63) is 89.6 Å². The van der Waals surface area contributed by atoms with E-state index in [9.17, 15) is 22.8 Å². The number of benzene rings is 3. The minimum absolute atomic E-state index is 0.0109. The number of nitrogens with one attached hydrogen (secondary N) is 3. The van der Waals surface area contributed by atoms with Gasteiger partial charge in [-0.15, -0.1) is 0 Å². The Balaban J connectivity index is 1.43. The van der Waals surface area contributed by atoms with E-state index in [0.717, 1.165) is 12.1 Å². The Kier molecular flexibility index (Phi) is 7.11. The number of amides is 2. The van der Waals surface area contributed by atoms with Gasteiger partial charge >= 0.3 is 12.2 Å². The number of hydrogen-bond donors (Lipinski definition) is 4. The second-order valence-electron chi connectivity index (χ2n) is 7.67. The number of alkyl halides is 3. The molecular weight excluding hydrogens is 475 g/mol. The highest BCUT2D eigenvalue weighted by Gasteiger charge is 2.30. The van der Waals surface area contributed by atoms with Crippen molar-refractivity contribution in [2.24, 2.45) is 0 Å². The average Bonchev–Trinajstić information content (AvgIpc) is 2.86. The van der Waals surface area contributed by atoms with Gasteiger partial charge in [0.05, 0.1) is 29.4 Å². The summed E-state index contributed by atoms with van der Waals surface area (Å²) in [5.41, 5.74) is 1.32. The van der Waals surface area contributed by atoms with Gasteiger partial charge in [-0.25, -0.2) is 9.78 Å². The molecule has 0 atom stereocenters. The van der Waals surface area contributed by atoms with Gasteiger partial charge in [0.25, 0.3) is 0 Å². The summed E-state index contributed by atoms with van der Waals surface area (Å²) in [5.74, 6) is 0.201. The smallest absolute Gasteiger partial charge is 0.395 e. The minimum atomic E-state index is -4.52. The van der Waals surface area contributed by atoms with Crippen LogP contribution in [0.5, 0.6) is 0 Å². The van der Waals surface area contributed by atoms with Crippen LogP contribution >= 0.6 is 0 Å². The molecule has 1 aromatic heterocycles. The van der Waals surface area contributed by atoms with E-state index >= 15 is 0 Å². The van der Waals surface area contributed by atoms with Crippen LogP contribution in [0.2, 0.25) is 0 Å². The van der Waals surface area contributed by atoms with Crippen LogP contribution in [0.3, 0.4) is 0 Å². The number of fused-ring (bicyclic) bond motifs is 1. The summed E-state index contributed by atoms with van der Waals surface area (Å²) in [6, 6.07) is 14.6. The lowest BCUT2D eigenvalue weighted by molar-refractivity contribution is -0.137. The number of carbonyl (C=O) groups is 2. The molecule has 2 amide bonds. The third-order valence-electron chi connectivity index (χ3n) is 5.08. The molecular formula is C25H20F3N5O3. The summed E-state index contributed by atoms with van der Waals surface area (Å²) in [4.78, 5) is 33.8. The fourth-order valence-corrected chi connectivity index (χ4v) is 3.36. The van der Waals surface area contributed by atoms with E-state index in [1.807, 2.05) is 0 Å². The highest BCUT2D eigenvalue weighted by atomic mass is 19.4. The topological polar surface area (TPSA) is 116 Å². The van der Waals surface area contributed by atoms with Gasteiger partial charge in [-0.2, -0.15) is 13.2 Å². The van der Waals surface area contributed by atoms with E-state index in [1.165, 1.54) is 42.6 Å². The van der Waals surface area contributed by atoms with E-state index in [2.05, 4.69) is 25.9 Å². The molecule has 0 aliphatic carbocycles. The minimum Gasteiger partial charge on any atom is -0.395 e. The molecule has 8 nitrogen and oxygen atoms in total. The van der Waals surface area contributed by atoms with Crippen LogP contribution in [0.1, 0.15) is 21.5 Å². The predicted octanol–water partition coefficient (Wildman–Crippen LogP) is 4.93. The summed E-state index contributed by atoms with van der Waals surface area (Å²) in [5, 5.41) is 16.7. The van der Waals surface area contributed by atoms with Crippen molar-refractivity contribution in [1.82, 2.24) is 9.97 Å². The van der Waals surface area contributed by atoms with Crippen molar-refractivity contribution in [3.63, 3.8) is 0 Å². The van der Waals surface area contributed by atoms with Crippen LogP contribution in [-0.4, -0.2) is 40.0 Å². The summed E-state index contributed by atoms with van der Waals surface area (Å²) in [6.45, 7) is 0.257. The number of urea groups is 1. The number of anilines is 3. The first-order chi connectivity index (χ1) is 17.2. The van der Waals surface area contributed by atoms with Gasteiger partial charge in [0.15, 0.2) is 5.78 Å². The monoisotopic (exact) mass is 495 g/mol. The molecule has 4 aromatic rings. The third-order valence-corrected chi connectivity index (χ3v) is 5.08. The zero-order valence-electron chi connectivity index (χ0n) is 18.6. The SMILES string of the molecule is O=C(Nc1ccc(C(=O)c2ccc3ncc(NCCO)nc3c2)cc1)Nc1cccc(C(F)(F)F)c1. The van der Waals surface area contributed by atoms with Crippen LogP contribution in [0.4, 0.5) is 35.2 Å². The molecule has 4 N–H and O–H groups in total. The van der Waals surface area contributed by atoms with Crippen molar-refractivity contribution < 1.29 is 27.9 Å². The summed E-state index contributed by atoms with van der Waals surface area (Å²) >= 11 is 0.